The van der Waals surface area contributed by atoms with Crippen molar-refractivity contribution >= 4 is 39.9 Å². The third-order valence-electron chi connectivity index (χ3n) is 2.35. The van der Waals surface area contributed by atoms with Gasteiger partial charge in [-0.1, -0.05) is 23.5 Å². The molecule has 0 bridgehead atoms. The van der Waals surface area contributed by atoms with Crippen LogP contribution >= 0.6 is 23.5 Å². The average Bonchev–Trinajstić information content (AvgIpc) is 2.79. The van der Waals surface area contributed by atoms with Crippen LogP contribution in [-0.2, 0) is 0 Å². The number of hydrogen-bond acceptors (Lipinski definition) is 3. The van der Waals surface area contributed by atoms with E-state index >= 15 is 0 Å². The molecule has 0 aromatic heterocycles. The van der Waals surface area contributed by atoms with Gasteiger partial charge < -0.3 is 9.80 Å². The quantitative estimate of drug-likeness (QED) is 0.653. The van der Waals surface area contributed by atoms with Crippen LogP contribution in [0.3, 0.4) is 0 Å². The molecule has 0 aliphatic carbocycles. The topological polar surface area (TPSA) is 48.3 Å². The maximum Gasteiger partial charge on any atom is 0.371 e. The van der Waals surface area contributed by atoms with Gasteiger partial charge in [-0.25, -0.2) is 4.79 Å². The molecule has 2 fully saturated rings. The molecular weight excluding hydrogens is 244 g/mol. The standard InChI is InChI=1S/C9H14N4OS2/c1-12-3-5-15-8(12)10-7(14)11-9-13(2)4-6-16-9/h3-6H2,1-2H3/b10-8-,11-9-. The van der Waals surface area contributed by atoms with E-state index in [0.29, 0.717) is 0 Å². The van der Waals surface area contributed by atoms with Crippen molar-refractivity contribution in [3.05, 3.63) is 0 Å². The van der Waals surface area contributed by atoms with Gasteiger partial charge in [0, 0.05) is 38.7 Å². The van der Waals surface area contributed by atoms with Crippen LogP contribution < -0.4 is 0 Å². The largest absolute Gasteiger partial charge is 0.371 e. The number of amidine groups is 2. The first-order chi connectivity index (χ1) is 7.66. The zero-order valence-corrected chi connectivity index (χ0v) is 11.0. The molecule has 0 radical (unpaired) electrons. The first kappa shape index (κ1) is 11.8. The lowest BCUT2D eigenvalue weighted by Gasteiger charge is -2.09. The van der Waals surface area contributed by atoms with Crippen LogP contribution in [0.25, 0.3) is 0 Å². The summed E-state index contributed by atoms with van der Waals surface area (Å²) in [6.45, 7) is 1.89. The lowest BCUT2D eigenvalue weighted by molar-refractivity contribution is 0.256. The predicted octanol–water partition coefficient (Wildman–Crippen LogP) is 1.18. The molecular formula is C9H14N4OS2. The van der Waals surface area contributed by atoms with Crippen molar-refractivity contribution in [1.82, 2.24) is 9.80 Å². The Hall–Kier alpha value is -0.690. The second-order valence-corrected chi connectivity index (χ2v) is 5.74. The minimum atomic E-state index is -0.396. The van der Waals surface area contributed by atoms with E-state index in [1.807, 2.05) is 23.9 Å². The summed E-state index contributed by atoms with van der Waals surface area (Å²) >= 11 is 3.21. The number of aliphatic imine (C=N–C) groups is 2. The van der Waals surface area contributed by atoms with Crippen LogP contribution in [0.2, 0.25) is 0 Å². The van der Waals surface area contributed by atoms with Crippen LogP contribution in [0, 0.1) is 0 Å². The maximum atomic E-state index is 11.6. The van der Waals surface area contributed by atoms with Gasteiger partial charge in [0.1, 0.15) is 0 Å². The molecule has 2 aliphatic rings. The van der Waals surface area contributed by atoms with Crippen molar-refractivity contribution < 1.29 is 4.79 Å². The van der Waals surface area contributed by atoms with Gasteiger partial charge in [0.2, 0.25) is 0 Å². The molecule has 0 saturated carbocycles. The number of nitrogens with zero attached hydrogens (tertiary/aromatic N) is 4. The Morgan fingerprint density at radius 1 is 1.06 bits per heavy atom. The zero-order valence-electron chi connectivity index (χ0n) is 9.34. The van der Waals surface area contributed by atoms with Crippen molar-refractivity contribution in [1.29, 1.82) is 0 Å². The molecule has 0 spiro atoms. The summed E-state index contributed by atoms with van der Waals surface area (Å²) in [5.41, 5.74) is 0. The molecule has 0 unspecified atom stereocenters. The van der Waals surface area contributed by atoms with E-state index in [1.54, 1.807) is 23.5 Å². The van der Waals surface area contributed by atoms with Crippen molar-refractivity contribution in [3.63, 3.8) is 0 Å². The molecule has 0 aromatic carbocycles. The number of urea groups is 1. The Morgan fingerprint density at radius 3 is 1.81 bits per heavy atom. The van der Waals surface area contributed by atoms with Crippen LogP contribution in [0.4, 0.5) is 4.79 Å². The lowest BCUT2D eigenvalue weighted by atomic mass is 10.7. The van der Waals surface area contributed by atoms with Crippen LogP contribution in [0.1, 0.15) is 0 Å². The summed E-state index contributed by atoms with van der Waals surface area (Å²) in [5.74, 6) is 1.99. The molecule has 0 N–H and O–H groups in total. The zero-order chi connectivity index (χ0) is 11.5. The number of rotatable bonds is 0. The summed E-state index contributed by atoms with van der Waals surface area (Å²) in [4.78, 5) is 23.5. The summed E-state index contributed by atoms with van der Waals surface area (Å²) in [5, 5.41) is 1.56. The molecule has 88 valence electrons. The van der Waals surface area contributed by atoms with Crippen molar-refractivity contribution in [2.45, 2.75) is 0 Å². The molecule has 16 heavy (non-hydrogen) atoms. The van der Waals surface area contributed by atoms with Gasteiger partial charge in [0.05, 0.1) is 0 Å². The highest BCUT2D eigenvalue weighted by Gasteiger charge is 2.19. The third kappa shape index (κ3) is 2.70. The molecule has 2 saturated heterocycles. The van der Waals surface area contributed by atoms with Gasteiger partial charge in [-0.3, -0.25) is 0 Å². The fraction of sp³-hybridized carbons (Fsp3) is 0.667. The predicted molar refractivity (Wildman–Crippen MR) is 70.4 cm³/mol. The van der Waals surface area contributed by atoms with Gasteiger partial charge in [0.25, 0.3) is 0 Å². The fourth-order valence-corrected chi connectivity index (χ4v) is 3.39. The highest BCUT2D eigenvalue weighted by atomic mass is 32.2. The van der Waals surface area contributed by atoms with Crippen molar-refractivity contribution in [2.24, 2.45) is 9.98 Å². The van der Waals surface area contributed by atoms with Crippen LogP contribution in [0.5, 0.6) is 0 Å². The van der Waals surface area contributed by atoms with E-state index in [-0.39, 0.29) is 0 Å². The highest BCUT2D eigenvalue weighted by molar-refractivity contribution is 8.14. The van der Waals surface area contributed by atoms with Gasteiger partial charge in [-0.15, -0.1) is 0 Å². The number of carbonyl (C=O) groups excluding carboxylic acids is 1. The Morgan fingerprint density at radius 2 is 1.50 bits per heavy atom. The third-order valence-corrected chi connectivity index (χ3v) is 4.45. The first-order valence-corrected chi connectivity index (χ1v) is 7.03. The van der Waals surface area contributed by atoms with Crippen molar-refractivity contribution in [3.8, 4) is 0 Å². The minimum Gasteiger partial charge on any atom is -0.353 e. The van der Waals surface area contributed by atoms with E-state index in [2.05, 4.69) is 9.98 Å². The molecule has 2 amide bonds. The summed E-state index contributed by atoms with van der Waals surface area (Å²) in [7, 11) is 3.88. The number of carbonyl (C=O) groups is 1. The molecule has 2 rings (SSSR count). The smallest absolute Gasteiger partial charge is 0.353 e. The second kappa shape index (κ2) is 5.09. The van der Waals surface area contributed by atoms with Crippen LogP contribution in [-0.4, -0.2) is 64.9 Å². The van der Waals surface area contributed by atoms with Crippen LogP contribution in [0.15, 0.2) is 9.98 Å². The normalized spacial score (nSPS) is 26.1. The average molecular weight is 258 g/mol. The molecule has 5 nitrogen and oxygen atoms in total. The molecule has 7 heteroatoms. The summed E-state index contributed by atoms with van der Waals surface area (Å²) in [6, 6.07) is -0.396. The van der Waals surface area contributed by atoms with Gasteiger partial charge in [0.15, 0.2) is 10.3 Å². The Kier molecular flexibility index (Phi) is 3.75. The Labute approximate surface area is 103 Å². The van der Waals surface area contributed by atoms with Crippen molar-refractivity contribution in [2.75, 3.05) is 38.7 Å². The fourth-order valence-electron chi connectivity index (χ4n) is 1.38. The first-order valence-electron chi connectivity index (χ1n) is 5.06. The van der Waals surface area contributed by atoms with Gasteiger partial charge >= 0.3 is 6.03 Å². The molecule has 2 heterocycles. The number of amides is 2. The highest BCUT2D eigenvalue weighted by Crippen LogP contribution is 2.18. The van der Waals surface area contributed by atoms with E-state index in [9.17, 15) is 4.79 Å². The second-order valence-electron chi connectivity index (χ2n) is 3.61. The van der Waals surface area contributed by atoms with Gasteiger partial charge in [-0.05, 0) is 0 Å². The summed E-state index contributed by atoms with van der Waals surface area (Å²) in [6.07, 6.45) is 0. The maximum absolute atomic E-state index is 11.6. The lowest BCUT2D eigenvalue weighted by Crippen LogP contribution is -2.21. The van der Waals surface area contributed by atoms with E-state index in [4.69, 9.17) is 0 Å². The van der Waals surface area contributed by atoms with Gasteiger partial charge in [-0.2, -0.15) is 9.98 Å². The Balaban J connectivity index is 2.03. The Bertz CT molecular complexity index is 323. The minimum absolute atomic E-state index is 0.396. The van der Waals surface area contributed by atoms with E-state index in [0.717, 1.165) is 34.9 Å². The SMILES string of the molecule is CN1CCS/C1=N\C(=O)/N=C1\SCCN1C. The molecule has 0 aromatic rings. The molecule has 2 aliphatic heterocycles. The van der Waals surface area contributed by atoms with E-state index < -0.39 is 6.03 Å². The number of thioether (sulfide) groups is 2. The van der Waals surface area contributed by atoms with E-state index in [1.165, 1.54) is 0 Å². The number of hydrogen-bond donors (Lipinski definition) is 0. The summed E-state index contributed by atoms with van der Waals surface area (Å²) < 4.78 is 0. The molecule has 0 atom stereocenters. The monoisotopic (exact) mass is 258 g/mol.